The van der Waals surface area contributed by atoms with Crippen LogP contribution in [0.4, 0.5) is 0 Å². The summed E-state index contributed by atoms with van der Waals surface area (Å²) in [7, 11) is 0. The van der Waals surface area contributed by atoms with Crippen LogP contribution >= 0.6 is 0 Å². The van der Waals surface area contributed by atoms with Crippen LogP contribution in [0.1, 0.15) is 103 Å². The molecule has 1 saturated heterocycles. The maximum absolute atomic E-state index is 3.95. The Morgan fingerprint density at radius 1 is 0.571 bits per heavy atom. The largest absolute Gasteiger partial charge is 0.314 e. The zero-order valence-electron chi connectivity index (χ0n) is 14.5. The fourth-order valence-corrected chi connectivity index (χ4v) is 4.48. The van der Waals surface area contributed by atoms with Gasteiger partial charge in [-0.25, -0.2) is 0 Å². The van der Waals surface area contributed by atoms with E-state index in [9.17, 15) is 0 Å². The Bertz CT molecular complexity index is 240. The molecule has 21 heavy (non-hydrogen) atoms. The van der Waals surface area contributed by atoms with Gasteiger partial charge >= 0.3 is 0 Å². The highest BCUT2D eigenvalue weighted by Gasteiger charge is 2.21. The molecular weight excluding hydrogens is 254 g/mol. The summed E-state index contributed by atoms with van der Waals surface area (Å²) in [6.07, 6.45) is 22.0. The van der Waals surface area contributed by atoms with E-state index in [-0.39, 0.29) is 0 Å². The molecule has 1 aliphatic heterocycles. The number of hydrogen-bond donors (Lipinski definition) is 1. The van der Waals surface area contributed by atoms with Crippen LogP contribution in [0.25, 0.3) is 0 Å². The molecule has 0 amide bonds. The van der Waals surface area contributed by atoms with E-state index >= 15 is 0 Å². The van der Waals surface area contributed by atoms with Gasteiger partial charge in [0.25, 0.3) is 0 Å². The summed E-state index contributed by atoms with van der Waals surface area (Å²) in [5.74, 6) is 1.94. The molecule has 2 aliphatic rings. The smallest absolute Gasteiger partial charge is 0.00953 e. The molecule has 0 spiro atoms. The van der Waals surface area contributed by atoms with Crippen molar-refractivity contribution in [3.63, 3.8) is 0 Å². The van der Waals surface area contributed by atoms with Gasteiger partial charge in [-0.1, -0.05) is 77.6 Å². The molecule has 1 heterocycles. The van der Waals surface area contributed by atoms with Crippen molar-refractivity contribution in [1.82, 2.24) is 5.32 Å². The van der Waals surface area contributed by atoms with Crippen molar-refractivity contribution in [2.24, 2.45) is 11.8 Å². The quantitative estimate of drug-likeness (QED) is 0.618. The van der Waals surface area contributed by atoms with Gasteiger partial charge in [0.2, 0.25) is 0 Å². The highest BCUT2D eigenvalue weighted by Crippen LogP contribution is 2.28. The van der Waals surface area contributed by atoms with Crippen LogP contribution in [-0.2, 0) is 0 Å². The molecule has 2 fully saturated rings. The second-order valence-electron chi connectivity index (χ2n) is 7.90. The molecule has 0 aromatic rings. The van der Waals surface area contributed by atoms with Crippen molar-refractivity contribution in [1.29, 1.82) is 0 Å². The van der Waals surface area contributed by atoms with Crippen molar-refractivity contribution in [3.05, 3.63) is 0 Å². The molecule has 124 valence electrons. The van der Waals surface area contributed by atoms with Crippen molar-refractivity contribution in [2.45, 2.75) is 109 Å². The van der Waals surface area contributed by atoms with Crippen LogP contribution in [0.15, 0.2) is 0 Å². The minimum atomic E-state index is 0.831. The maximum Gasteiger partial charge on any atom is 0.00953 e. The maximum atomic E-state index is 3.95. The van der Waals surface area contributed by atoms with E-state index in [1.54, 1.807) is 0 Å². The Morgan fingerprint density at radius 3 is 2.05 bits per heavy atom. The van der Waals surface area contributed by atoms with Crippen molar-refractivity contribution in [2.75, 3.05) is 6.54 Å². The Labute approximate surface area is 133 Å². The third kappa shape index (κ3) is 7.17. The Hall–Kier alpha value is -0.0400. The minimum absolute atomic E-state index is 0.831. The molecule has 0 aromatic heterocycles. The Morgan fingerprint density at radius 2 is 1.14 bits per heavy atom. The summed E-state index contributed by atoms with van der Waals surface area (Å²) in [4.78, 5) is 0. The summed E-state index contributed by atoms with van der Waals surface area (Å²) >= 11 is 0. The molecule has 1 saturated carbocycles. The molecule has 1 heteroatoms. The molecule has 1 aliphatic carbocycles. The van der Waals surface area contributed by atoms with Gasteiger partial charge in [-0.2, -0.15) is 0 Å². The minimum Gasteiger partial charge on any atom is -0.314 e. The third-order valence-electron chi connectivity index (χ3n) is 5.96. The van der Waals surface area contributed by atoms with Gasteiger partial charge in [-0.3, -0.25) is 0 Å². The average molecular weight is 294 g/mol. The lowest BCUT2D eigenvalue weighted by molar-refractivity contribution is 0.261. The van der Waals surface area contributed by atoms with Crippen molar-refractivity contribution in [3.8, 4) is 0 Å². The topological polar surface area (TPSA) is 12.0 Å². The molecule has 2 rings (SSSR count). The zero-order valence-corrected chi connectivity index (χ0v) is 14.5. The van der Waals surface area contributed by atoms with Gasteiger partial charge in [0.05, 0.1) is 0 Å². The lowest BCUT2D eigenvalue weighted by Gasteiger charge is -2.30. The van der Waals surface area contributed by atoms with Crippen LogP contribution in [0, 0.1) is 11.8 Å². The van der Waals surface area contributed by atoms with Crippen LogP contribution in [0.2, 0.25) is 0 Å². The van der Waals surface area contributed by atoms with Crippen molar-refractivity contribution >= 4 is 0 Å². The second-order valence-corrected chi connectivity index (χ2v) is 7.90. The lowest BCUT2D eigenvalue weighted by Crippen LogP contribution is -2.37. The van der Waals surface area contributed by atoms with E-state index in [1.807, 2.05) is 0 Å². The van der Waals surface area contributed by atoms with E-state index in [0.29, 0.717) is 0 Å². The summed E-state index contributed by atoms with van der Waals surface area (Å²) in [6.45, 7) is 3.75. The molecule has 3 atom stereocenters. The molecule has 0 bridgehead atoms. The fraction of sp³-hybridized carbons (Fsp3) is 1.00. The zero-order chi connectivity index (χ0) is 14.8. The highest BCUT2D eigenvalue weighted by molar-refractivity contribution is 4.78. The molecule has 0 radical (unpaired) electrons. The van der Waals surface area contributed by atoms with Gasteiger partial charge < -0.3 is 5.32 Å². The van der Waals surface area contributed by atoms with E-state index in [2.05, 4.69) is 12.2 Å². The molecule has 1 nitrogen and oxygen atoms in total. The SMILES string of the molecule is CC1CCCCCC(C2CCCCCCCCN2)CCC1. The van der Waals surface area contributed by atoms with Crippen LogP contribution in [-0.4, -0.2) is 12.6 Å². The Balaban J connectivity index is 1.84. The first-order valence-corrected chi connectivity index (χ1v) is 10.1. The average Bonchev–Trinajstić information content (AvgIpc) is 2.51. The van der Waals surface area contributed by atoms with Gasteiger partial charge in [0.15, 0.2) is 0 Å². The highest BCUT2D eigenvalue weighted by atomic mass is 14.9. The first kappa shape index (κ1) is 17.3. The number of nitrogens with one attached hydrogen (secondary N) is 1. The second kappa shape index (κ2) is 10.6. The normalized spacial score (nSPS) is 35.0. The Kier molecular flexibility index (Phi) is 8.78. The third-order valence-corrected chi connectivity index (χ3v) is 5.96. The molecule has 0 aromatic carbocycles. The van der Waals surface area contributed by atoms with Crippen molar-refractivity contribution < 1.29 is 0 Å². The monoisotopic (exact) mass is 293 g/mol. The van der Waals surface area contributed by atoms with E-state index in [0.717, 1.165) is 17.9 Å². The summed E-state index contributed by atoms with van der Waals surface area (Å²) in [6, 6.07) is 0.831. The summed E-state index contributed by atoms with van der Waals surface area (Å²) in [5.41, 5.74) is 0. The molecule has 3 unspecified atom stereocenters. The van der Waals surface area contributed by atoms with Gasteiger partial charge in [0.1, 0.15) is 0 Å². The standard InChI is InChI=1S/C20H39N/c1-18-12-7-6-8-14-19(15-11-13-18)20-16-9-4-2-3-5-10-17-21-20/h18-21H,2-17H2,1H3. The van der Waals surface area contributed by atoms with Gasteiger partial charge in [0, 0.05) is 6.04 Å². The van der Waals surface area contributed by atoms with Gasteiger partial charge in [-0.15, -0.1) is 0 Å². The van der Waals surface area contributed by atoms with E-state index in [4.69, 9.17) is 0 Å². The van der Waals surface area contributed by atoms with Crippen LogP contribution < -0.4 is 5.32 Å². The molecule has 1 N–H and O–H groups in total. The number of rotatable bonds is 1. The number of hydrogen-bond acceptors (Lipinski definition) is 1. The van der Waals surface area contributed by atoms with E-state index in [1.165, 1.54) is 103 Å². The first-order chi connectivity index (χ1) is 10.4. The summed E-state index contributed by atoms with van der Waals surface area (Å²) in [5, 5.41) is 3.95. The molecular formula is C20H39N. The fourth-order valence-electron chi connectivity index (χ4n) is 4.48. The van der Waals surface area contributed by atoms with Crippen LogP contribution in [0.3, 0.4) is 0 Å². The van der Waals surface area contributed by atoms with Crippen LogP contribution in [0.5, 0.6) is 0 Å². The predicted molar refractivity (Wildman–Crippen MR) is 93.7 cm³/mol. The lowest BCUT2D eigenvalue weighted by atomic mass is 9.82. The predicted octanol–water partition coefficient (Wildman–Crippen LogP) is 6.08. The first-order valence-electron chi connectivity index (χ1n) is 10.1. The van der Waals surface area contributed by atoms with Gasteiger partial charge in [-0.05, 0) is 44.1 Å². The summed E-state index contributed by atoms with van der Waals surface area (Å²) < 4.78 is 0. The van der Waals surface area contributed by atoms with E-state index < -0.39 is 0 Å².